The van der Waals surface area contributed by atoms with Gasteiger partial charge in [0.2, 0.25) is 0 Å². The number of fused-ring (bicyclic) bond motifs is 1. The van der Waals surface area contributed by atoms with Gasteiger partial charge in [-0.2, -0.15) is 5.10 Å². The highest BCUT2D eigenvalue weighted by atomic mass is 19.1. The molecular weight excluding hydrogens is 231 g/mol. The number of carbonyl (C=O) groups is 1. The lowest BCUT2D eigenvalue weighted by molar-refractivity contribution is 0.0954. The van der Waals surface area contributed by atoms with Gasteiger partial charge in [-0.15, -0.1) is 0 Å². The van der Waals surface area contributed by atoms with Crippen LogP contribution in [0.5, 0.6) is 0 Å². The number of nitrogens with one attached hydrogen (secondary N) is 1. The fourth-order valence-electron chi connectivity index (χ4n) is 2.45. The molecule has 4 heteroatoms. The first-order valence-electron chi connectivity index (χ1n) is 6.03. The molecule has 0 saturated heterocycles. The van der Waals surface area contributed by atoms with Crippen LogP contribution in [0.15, 0.2) is 41.5 Å². The maximum atomic E-state index is 12.7. The topological polar surface area (TPSA) is 41.5 Å². The van der Waals surface area contributed by atoms with Crippen LogP contribution in [0.2, 0.25) is 0 Å². The Hall–Kier alpha value is -1.97. The summed E-state index contributed by atoms with van der Waals surface area (Å²) in [6, 6.07) is 5.43. The molecule has 3 rings (SSSR count). The Kier molecular flexibility index (Phi) is 2.70. The minimum Gasteiger partial charge on any atom is -0.267 e. The molecule has 0 radical (unpaired) electrons. The van der Waals surface area contributed by atoms with Gasteiger partial charge < -0.3 is 0 Å². The number of hydrogen-bond acceptors (Lipinski definition) is 2. The number of hydrazone groups is 1. The zero-order chi connectivity index (χ0) is 12.5. The van der Waals surface area contributed by atoms with Crippen molar-refractivity contribution in [2.24, 2.45) is 16.9 Å². The van der Waals surface area contributed by atoms with E-state index in [1.165, 1.54) is 24.3 Å². The molecule has 92 valence electrons. The van der Waals surface area contributed by atoms with E-state index >= 15 is 0 Å². The molecule has 0 aromatic heterocycles. The average molecular weight is 244 g/mol. The molecule has 18 heavy (non-hydrogen) atoms. The first-order chi connectivity index (χ1) is 8.74. The number of allylic oxidation sites excluding steroid dienone is 2. The van der Waals surface area contributed by atoms with Crippen molar-refractivity contribution in [2.75, 3.05) is 0 Å². The highest BCUT2D eigenvalue weighted by Gasteiger charge is 2.37. The number of nitrogens with zero attached hydrogens (tertiary/aromatic N) is 1. The van der Waals surface area contributed by atoms with E-state index in [1.807, 2.05) is 0 Å². The summed E-state index contributed by atoms with van der Waals surface area (Å²) in [7, 11) is 0. The molecular formula is C14H13FN2O. The van der Waals surface area contributed by atoms with Crippen LogP contribution in [0, 0.1) is 17.7 Å². The second-order valence-electron chi connectivity index (χ2n) is 4.69. The zero-order valence-electron chi connectivity index (χ0n) is 9.77. The quantitative estimate of drug-likeness (QED) is 0.630. The van der Waals surface area contributed by atoms with Gasteiger partial charge in [-0.25, -0.2) is 9.82 Å². The van der Waals surface area contributed by atoms with Crippen LogP contribution in [0.3, 0.4) is 0 Å². The van der Waals surface area contributed by atoms with Gasteiger partial charge in [0.25, 0.3) is 5.91 Å². The number of carbonyl (C=O) groups excluding carboxylic acids is 1. The van der Waals surface area contributed by atoms with Gasteiger partial charge in [-0.05, 0) is 43.0 Å². The van der Waals surface area contributed by atoms with Crippen LogP contribution >= 0.6 is 0 Å². The van der Waals surface area contributed by atoms with Gasteiger partial charge in [0.1, 0.15) is 5.82 Å². The number of rotatable bonds is 2. The molecule has 2 atom stereocenters. The Morgan fingerprint density at radius 3 is 2.83 bits per heavy atom. The van der Waals surface area contributed by atoms with E-state index in [0.717, 1.165) is 18.6 Å². The summed E-state index contributed by atoms with van der Waals surface area (Å²) >= 11 is 0. The van der Waals surface area contributed by atoms with Gasteiger partial charge in [-0.1, -0.05) is 12.2 Å². The zero-order valence-corrected chi connectivity index (χ0v) is 9.77. The Morgan fingerprint density at radius 1 is 1.33 bits per heavy atom. The van der Waals surface area contributed by atoms with Crippen LogP contribution in [0.25, 0.3) is 0 Å². The van der Waals surface area contributed by atoms with Gasteiger partial charge in [0.05, 0.1) is 0 Å². The second-order valence-corrected chi connectivity index (χ2v) is 4.69. The summed E-state index contributed by atoms with van der Waals surface area (Å²) in [4.78, 5) is 11.7. The largest absolute Gasteiger partial charge is 0.271 e. The second kappa shape index (κ2) is 4.37. The molecule has 0 unspecified atom stereocenters. The average Bonchev–Trinajstić information content (AvgIpc) is 2.72. The summed E-state index contributed by atoms with van der Waals surface area (Å²) in [6.45, 7) is 0. The summed E-state index contributed by atoms with van der Waals surface area (Å²) in [5.41, 5.74) is 4.01. The smallest absolute Gasteiger partial charge is 0.267 e. The number of hydrogen-bond donors (Lipinski definition) is 1. The summed E-state index contributed by atoms with van der Waals surface area (Å²) in [6.07, 6.45) is 6.34. The lowest BCUT2D eigenvalue weighted by Gasteiger charge is -2.31. The highest BCUT2D eigenvalue weighted by Crippen LogP contribution is 2.40. The van der Waals surface area contributed by atoms with Crippen LogP contribution in [-0.4, -0.2) is 11.6 Å². The maximum Gasteiger partial charge on any atom is 0.271 e. The monoisotopic (exact) mass is 244 g/mol. The standard InChI is InChI=1S/C14H13FN2O/c15-11-6-4-9(5-7-11)14(18)17-16-13-8-10-2-1-3-12(10)13/h1-2,4-7,10,12H,3,8H2,(H,17,18)/b16-13+/t10-,12+/m0/s1. The molecule has 1 N–H and O–H groups in total. The van der Waals surface area contributed by atoms with Crippen LogP contribution in [0.4, 0.5) is 4.39 Å². The van der Waals surface area contributed by atoms with E-state index < -0.39 is 0 Å². The van der Waals surface area contributed by atoms with E-state index in [0.29, 0.717) is 17.4 Å². The molecule has 0 heterocycles. The predicted molar refractivity (Wildman–Crippen MR) is 66.7 cm³/mol. The highest BCUT2D eigenvalue weighted by molar-refractivity contribution is 5.98. The third-order valence-corrected chi connectivity index (χ3v) is 3.57. The van der Waals surface area contributed by atoms with Gasteiger partial charge in [-0.3, -0.25) is 4.79 Å². The van der Waals surface area contributed by atoms with Crippen molar-refractivity contribution in [1.82, 2.24) is 5.43 Å². The molecule has 1 saturated carbocycles. The van der Waals surface area contributed by atoms with E-state index in [2.05, 4.69) is 22.7 Å². The molecule has 0 spiro atoms. The summed E-state index contributed by atoms with van der Waals surface area (Å²) in [5, 5.41) is 4.15. The molecule has 2 aliphatic carbocycles. The van der Waals surface area contributed by atoms with Crippen molar-refractivity contribution in [1.29, 1.82) is 0 Å². The van der Waals surface area contributed by atoms with Gasteiger partial charge in [0, 0.05) is 17.2 Å². The van der Waals surface area contributed by atoms with E-state index in [4.69, 9.17) is 0 Å². The number of benzene rings is 1. The lowest BCUT2D eigenvalue weighted by atomic mass is 9.74. The van der Waals surface area contributed by atoms with Crippen LogP contribution in [0.1, 0.15) is 23.2 Å². The normalized spacial score (nSPS) is 26.8. The van der Waals surface area contributed by atoms with Crippen molar-refractivity contribution < 1.29 is 9.18 Å². The SMILES string of the molecule is O=C(N/N=C1\C[C@@H]2C=CC[C@@H]12)c1ccc(F)cc1. The molecule has 1 aromatic rings. The molecule has 1 amide bonds. The Balaban J connectivity index is 1.62. The van der Waals surface area contributed by atoms with Crippen LogP contribution in [-0.2, 0) is 0 Å². The molecule has 1 fully saturated rings. The molecule has 2 aliphatic rings. The van der Waals surface area contributed by atoms with E-state index in [1.54, 1.807) is 0 Å². The summed E-state index contributed by atoms with van der Waals surface area (Å²) in [5.74, 6) is 0.457. The third-order valence-electron chi connectivity index (χ3n) is 3.57. The Labute approximate surface area is 104 Å². The minimum absolute atomic E-state index is 0.295. The molecule has 0 bridgehead atoms. The predicted octanol–water partition coefficient (Wildman–Crippen LogP) is 2.51. The molecule has 0 aliphatic heterocycles. The van der Waals surface area contributed by atoms with Crippen molar-refractivity contribution in [3.8, 4) is 0 Å². The van der Waals surface area contributed by atoms with Crippen molar-refractivity contribution in [2.45, 2.75) is 12.8 Å². The summed E-state index contributed by atoms with van der Waals surface area (Å²) < 4.78 is 12.7. The number of amides is 1. The van der Waals surface area contributed by atoms with E-state index in [9.17, 15) is 9.18 Å². The number of halogens is 1. The fraction of sp³-hybridized carbons (Fsp3) is 0.286. The first-order valence-corrected chi connectivity index (χ1v) is 6.03. The lowest BCUT2D eigenvalue weighted by Crippen LogP contribution is -2.35. The third kappa shape index (κ3) is 1.94. The fourth-order valence-corrected chi connectivity index (χ4v) is 2.45. The first kappa shape index (κ1) is 11.1. The van der Waals surface area contributed by atoms with Crippen molar-refractivity contribution in [3.05, 3.63) is 47.8 Å². The van der Waals surface area contributed by atoms with Gasteiger partial charge in [0.15, 0.2) is 0 Å². The molecule has 3 nitrogen and oxygen atoms in total. The Morgan fingerprint density at radius 2 is 2.11 bits per heavy atom. The van der Waals surface area contributed by atoms with Crippen molar-refractivity contribution >= 4 is 11.6 Å². The minimum atomic E-state index is -0.350. The maximum absolute atomic E-state index is 12.7. The van der Waals surface area contributed by atoms with Crippen LogP contribution < -0.4 is 5.43 Å². The molecule has 1 aromatic carbocycles. The Bertz CT molecular complexity index is 533. The van der Waals surface area contributed by atoms with E-state index in [-0.39, 0.29) is 11.7 Å². The van der Waals surface area contributed by atoms with Gasteiger partial charge >= 0.3 is 0 Å². The van der Waals surface area contributed by atoms with Crippen molar-refractivity contribution in [3.63, 3.8) is 0 Å².